The molecule has 90 valence electrons. The van der Waals surface area contributed by atoms with E-state index in [9.17, 15) is 18.0 Å². The molecule has 0 aliphatic carbocycles. The van der Waals surface area contributed by atoms with Crippen molar-refractivity contribution in [3.63, 3.8) is 0 Å². The van der Waals surface area contributed by atoms with Gasteiger partial charge in [-0.3, -0.25) is 4.79 Å². The molecule has 3 nitrogen and oxygen atoms in total. The van der Waals surface area contributed by atoms with Crippen LogP contribution in [0.25, 0.3) is 0 Å². The molecule has 0 radical (unpaired) electrons. The number of carbonyl (C=O) groups excluding carboxylic acids is 1. The van der Waals surface area contributed by atoms with E-state index < -0.39 is 24.7 Å². The van der Waals surface area contributed by atoms with Gasteiger partial charge in [-0.25, -0.2) is 0 Å². The van der Waals surface area contributed by atoms with Gasteiger partial charge < -0.3 is 10.2 Å². The maximum atomic E-state index is 12.0. The lowest BCUT2D eigenvalue weighted by Crippen LogP contribution is -2.46. The molecular formula is C9H17F3N2O. The van der Waals surface area contributed by atoms with Gasteiger partial charge in [0.05, 0.1) is 12.5 Å². The van der Waals surface area contributed by atoms with Crippen molar-refractivity contribution in [1.29, 1.82) is 0 Å². The molecule has 0 heterocycles. The standard InChI is InChI=1S/C9H17F3N2O/c1-6(5-9(10,11)12)13-7(2)8(15)14(3)4/h6-7,13H,5H2,1-4H3. The summed E-state index contributed by atoms with van der Waals surface area (Å²) in [7, 11) is 3.13. The van der Waals surface area contributed by atoms with E-state index in [4.69, 9.17) is 0 Å². The largest absolute Gasteiger partial charge is 0.390 e. The zero-order valence-corrected chi connectivity index (χ0v) is 9.35. The third-order valence-electron chi connectivity index (χ3n) is 1.88. The van der Waals surface area contributed by atoms with E-state index in [-0.39, 0.29) is 5.91 Å². The lowest BCUT2D eigenvalue weighted by atomic mass is 10.2. The number of carbonyl (C=O) groups is 1. The third-order valence-corrected chi connectivity index (χ3v) is 1.88. The van der Waals surface area contributed by atoms with Crippen molar-refractivity contribution < 1.29 is 18.0 Å². The Morgan fingerprint density at radius 3 is 2.13 bits per heavy atom. The number of halogens is 3. The Kier molecular flexibility index (Phi) is 5.07. The summed E-state index contributed by atoms with van der Waals surface area (Å²) in [5.41, 5.74) is 0. The van der Waals surface area contributed by atoms with E-state index in [0.717, 1.165) is 0 Å². The first-order chi connectivity index (χ1) is 6.63. The minimum absolute atomic E-state index is 0.232. The fourth-order valence-corrected chi connectivity index (χ4v) is 1.29. The van der Waals surface area contributed by atoms with Crippen LogP contribution in [0.1, 0.15) is 20.3 Å². The van der Waals surface area contributed by atoms with Crippen LogP contribution in [0.15, 0.2) is 0 Å². The average molecular weight is 226 g/mol. The number of nitrogens with zero attached hydrogens (tertiary/aromatic N) is 1. The normalized spacial score (nSPS) is 15.9. The zero-order valence-electron chi connectivity index (χ0n) is 9.35. The Labute approximate surface area is 87.6 Å². The molecule has 0 aromatic rings. The number of nitrogens with one attached hydrogen (secondary N) is 1. The minimum Gasteiger partial charge on any atom is -0.347 e. The summed E-state index contributed by atoms with van der Waals surface area (Å²) in [4.78, 5) is 12.7. The molecule has 1 N–H and O–H groups in total. The summed E-state index contributed by atoms with van der Waals surface area (Å²) in [5, 5.41) is 2.61. The molecule has 15 heavy (non-hydrogen) atoms. The molecule has 2 atom stereocenters. The van der Waals surface area contributed by atoms with E-state index >= 15 is 0 Å². The highest BCUT2D eigenvalue weighted by molar-refractivity contribution is 5.80. The van der Waals surface area contributed by atoms with Crippen molar-refractivity contribution in [3.05, 3.63) is 0 Å². The van der Waals surface area contributed by atoms with Gasteiger partial charge in [0.15, 0.2) is 0 Å². The van der Waals surface area contributed by atoms with Gasteiger partial charge in [-0.2, -0.15) is 13.2 Å². The predicted octanol–water partition coefficient (Wildman–Crippen LogP) is 1.39. The van der Waals surface area contributed by atoms with Crippen molar-refractivity contribution in [1.82, 2.24) is 10.2 Å². The lowest BCUT2D eigenvalue weighted by Gasteiger charge is -2.22. The van der Waals surface area contributed by atoms with Crippen LogP contribution in [0.3, 0.4) is 0 Å². The second kappa shape index (κ2) is 5.34. The molecule has 0 rings (SSSR count). The van der Waals surface area contributed by atoms with Gasteiger partial charge in [0.25, 0.3) is 0 Å². The molecule has 0 aromatic heterocycles. The first-order valence-electron chi connectivity index (χ1n) is 4.67. The Balaban J connectivity index is 4.07. The quantitative estimate of drug-likeness (QED) is 0.785. The minimum atomic E-state index is -4.20. The number of likely N-dealkylation sites (N-methyl/N-ethyl adjacent to an activating group) is 1. The molecule has 1 amide bonds. The molecule has 0 saturated heterocycles. The van der Waals surface area contributed by atoms with Crippen LogP contribution in [-0.2, 0) is 4.79 Å². The second-order valence-corrected chi connectivity index (χ2v) is 3.84. The number of hydrogen-bond donors (Lipinski definition) is 1. The highest BCUT2D eigenvalue weighted by Crippen LogP contribution is 2.21. The highest BCUT2D eigenvalue weighted by Gasteiger charge is 2.31. The van der Waals surface area contributed by atoms with Gasteiger partial charge in [0, 0.05) is 20.1 Å². The van der Waals surface area contributed by atoms with Crippen LogP contribution in [-0.4, -0.2) is 43.2 Å². The molecule has 6 heteroatoms. The van der Waals surface area contributed by atoms with Crippen molar-refractivity contribution in [2.24, 2.45) is 0 Å². The lowest BCUT2D eigenvalue weighted by molar-refractivity contribution is -0.142. The number of alkyl halides is 3. The molecule has 2 unspecified atom stereocenters. The van der Waals surface area contributed by atoms with Gasteiger partial charge in [-0.15, -0.1) is 0 Å². The van der Waals surface area contributed by atoms with E-state index in [0.29, 0.717) is 0 Å². The van der Waals surface area contributed by atoms with Gasteiger partial charge in [0.2, 0.25) is 5.91 Å². The Morgan fingerprint density at radius 1 is 1.33 bits per heavy atom. The van der Waals surface area contributed by atoms with Crippen LogP contribution >= 0.6 is 0 Å². The fraction of sp³-hybridized carbons (Fsp3) is 0.889. The van der Waals surface area contributed by atoms with Gasteiger partial charge in [-0.1, -0.05) is 0 Å². The van der Waals surface area contributed by atoms with Crippen molar-refractivity contribution >= 4 is 5.91 Å². The van der Waals surface area contributed by atoms with Gasteiger partial charge in [0.1, 0.15) is 0 Å². The van der Waals surface area contributed by atoms with Crippen molar-refractivity contribution in [3.8, 4) is 0 Å². The Morgan fingerprint density at radius 2 is 1.80 bits per heavy atom. The number of hydrogen-bond acceptors (Lipinski definition) is 2. The zero-order chi connectivity index (χ0) is 12.2. The summed E-state index contributed by atoms with van der Waals surface area (Å²) in [6.07, 6.45) is -5.13. The molecule has 0 bridgehead atoms. The maximum absolute atomic E-state index is 12.0. The van der Waals surface area contributed by atoms with Crippen LogP contribution in [0.2, 0.25) is 0 Å². The fourth-order valence-electron chi connectivity index (χ4n) is 1.29. The molecule has 0 aromatic carbocycles. The summed E-state index contributed by atoms with van der Waals surface area (Å²) in [5.74, 6) is -0.232. The summed E-state index contributed by atoms with van der Waals surface area (Å²) < 4.78 is 35.9. The molecule has 0 spiro atoms. The molecule has 0 aliphatic heterocycles. The maximum Gasteiger partial charge on any atom is 0.390 e. The number of rotatable bonds is 4. The van der Waals surface area contributed by atoms with E-state index in [1.54, 1.807) is 21.0 Å². The predicted molar refractivity (Wildman–Crippen MR) is 51.4 cm³/mol. The number of amides is 1. The van der Waals surface area contributed by atoms with Crippen molar-refractivity contribution in [2.75, 3.05) is 14.1 Å². The first-order valence-corrected chi connectivity index (χ1v) is 4.67. The first kappa shape index (κ1) is 14.2. The summed E-state index contributed by atoms with van der Waals surface area (Å²) >= 11 is 0. The van der Waals surface area contributed by atoms with Crippen LogP contribution < -0.4 is 5.32 Å². The van der Waals surface area contributed by atoms with Crippen LogP contribution in [0.4, 0.5) is 13.2 Å². The highest BCUT2D eigenvalue weighted by atomic mass is 19.4. The monoisotopic (exact) mass is 226 g/mol. The average Bonchev–Trinajstić information content (AvgIpc) is 1.98. The third kappa shape index (κ3) is 6.33. The molecule has 0 aliphatic rings. The van der Waals surface area contributed by atoms with Gasteiger partial charge in [-0.05, 0) is 13.8 Å². The second-order valence-electron chi connectivity index (χ2n) is 3.84. The summed E-state index contributed by atoms with van der Waals surface area (Å²) in [6, 6.07) is -1.36. The van der Waals surface area contributed by atoms with E-state index in [2.05, 4.69) is 5.32 Å². The Bertz CT molecular complexity index is 216. The van der Waals surface area contributed by atoms with Crippen LogP contribution in [0, 0.1) is 0 Å². The topological polar surface area (TPSA) is 32.3 Å². The molecule has 0 saturated carbocycles. The van der Waals surface area contributed by atoms with E-state index in [1.165, 1.54) is 11.8 Å². The Hall–Kier alpha value is -0.780. The van der Waals surface area contributed by atoms with E-state index in [1.807, 2.05) is 0 Å². The molecule has 0 fully saturated rings. The van der Waals surface area contributed by atoms with Crippen molar-refractivity contribution in [2.45, 2.75) is 38.5 Å². The van der Waals surface area contributed by atoms with Crippen LogP contribution in [0.5, 0.6) is 0 Å². The SMILES string of the molecule is CC(CC(F)(F)F)NC(C)C(=O)N(C)C. The summed E-state index contributed by atoms with van der Waals surface area (Å²) in [6.45, 7) is 2.96. The van der Waals surface area contributed by atoms with Gasteiger partial charge >= 0.3 is 6.18 Å². The molecular weight excluding hydrogens is 209 g/mol. The smallest absolute Gasteiger partial charge is 0.347 e.